The van der Waals surface area contributed by atoms with E-state index in [0.29, 0.717) is 0 Å². The molecule has 58 heavy (non-hydrogen) atoms. The molecular formula is C48H83N9Sr+4. The Morgan fingerprint density at radius 3 is 0.759 bits per heavy atom. The smallest absolute Gasteiger partial charge is 0.648 e. The van der Waals surface area contributed by atoms with Gasteiger partial charge in [0.05, 0.1) is 22.5 Å². The molecule has 3 aromatic rings. The third kappa shape index (κ3) is 22.1. The molecule has 3 rings (SSSR count). The molecule has 5 N–H and O–H groups in total. The Kier molecular flexibility index (Phi) is 20.7. The number of aromatic nitrogens is 3. The number of hydrogen-bond donors (Lipinski definition) is 5. The molecule has 3 heterocycles. The first-order valence-corrected chi connectivity index (χ1v) is 20.5. The molecule has 0 radical (unpaired) electrons. The topological polar surface area (TPSA) is 125 Å². The molecule has 318 valence electrons. The maximum absolute atomic E-state index is 4.68. The summed E-state index contributed by atoms with van der Waals surface area (Å²) in [7, 11) is 0. The molecule has 0 aromatic carbocycles. The van der Waals surface area contributed by atoms with E-state index < -0.39 is 0 Å². The summed E-state index contributed by atoms with van der Waals surface area (Å²) < 4.78 is 0. The van der Waals surface area contributed by atoms with Crippen molar-refractivity contribution in [3.05, 3.63) is 67.5 Å². The monoisotopic (exact) mass is 874 g/mol. The summed E-state index contributed by atoms with van der Waals surface area (Å²) in [6.45, 7) is 51.0. The van der Waals surface area contributed by atoms with Crippen molar-refractivity contribution in [2.24, 2.45) is 9.98 Å². The number of hydrogen-bond acceptors (Lipinski definition) is 2. The van der Waals surface area contributed by atoms with Gasteiger partial charge in [0.2, 0.25) is 0 Å². The van der Waals surface area contributed by atoms with E-state index in [1.165, 1.54) is 33.4 Å². The van der Waals surface area contributed by atoms with Crippen molar-refractivity contribution in [2.45, 2.75) is 199 Å². The molecule has 0 amide bonds. The Morgan fingerprint density at radius 1 is 0.379 bits per heavy atom. The molecule has 0 spiro atoms. The number of aromatic amines is 1. The van der Waals surface area contributed by atoms with Gasteiger partial charge in [-0.2, -0.15) is 0 Å². The molecule has 9 nitrogen and oxygen atoms in total. The van der Waals surface area contributed by atoms with E-state index in [1.807, 2.05) is 37.3 Å². The summed E-state index contributed by atoms with van der Waals surface area (Å²) >= 11 is 0. The van der Waals surface area contributed by atoms with Gasteiger partial charge in [0.1, 0.15) is 24.9 Å². The molecule has 0 fully saturated rings. The van der Waals surface area contributed by atoms with Crippen molar-refractivity contribution in [1.82, 2.24) is 15.0 Å². The van der Waals surface area contributed by atoms with Crippen LogP contribution in [0, 0.1) is 41.5 Å². The molecule has 0 aliphatic heterocycles. The van der Waals surface area contributed by atoms with E-state index in [-0.39, 0.29) is 78.7 Å². The van der Waals surface area contributed by atoms with E-state index in [9.17, 15) is 0 Å². The third-order valence-electron chi connectivity index (χ3n) is 8.51. The minimum atomic E-state index is -0.0505. The number of nitrogens with zero attached hydrogens (tertiary/aromatic N) is 4. The molecule has 0 atom stereocenters. The average Bonchev–Trinajstić information content (AvgIpc) is 3.58. The molecule has 0 saturated heterocycles. The first kappa shape index (κ1) is 55.3. The fourth-order valence-corrected chi connectivity index (χ4v) is 4.58. The summed E-state index contributed by atoms with van der Waals surface area (Å²) in [4.78, 5) is 35.3. The number of nitrogens with one attached hydrogen (secondary N) is 5. The van der Waals surface area contributed by atoms with Gasteiger partial charge in [0, 0.05) is 12.4 Å². The third-order valence-corrected chi connectivity index (χ3v) is 8.51. The van der Waals surface area contributed by atoms with Crippen LogP contribution in [0.1, 0.15) is 192 Å². The molecule has 3 aromatic heterocycles. The maximum Gasteiger partial charge on any atom is 2.00 e. The van der Waals surface area contributed by atoms with E-state index in [0.717, 1.165) is 34.2 Å². The second-order valence-electron chi connectivity index (χ2n) is 21.5. The molecule has 0 bridgehead atoms. The predicted molar refractivity (Wildman–Crippen MR) is 253 cm³/mol. The van der Waals surface area contributed by atoms with Gasteiger partial charge in [-0.1, -0.05) is 45.0 Å². The van der Waals surface area contributed by atoms with Crippen molar-refractivity contribution in [1.29, 1.82) is 0 Å². The minimum Gasteiger partial charge on any atom is -0.648 e. The van der Waals surface area contributed by atoms with Gasteiger partial charge in [-0.05, 0) is 177 Å². The quantitative estimate of drug-likeness (QED) is 0.193. The van der Waals surface area contributed by atoms with Crippen LogP contribution < -0.4 is 29.9 Å². The predicted octanol–water partition coefficient (Wildman–Crippen LogP) is 3.40. The fourth-order valence-electron chi connectivity index (χ4n) is 4.58. The largest absolute Gasteiger partial charge is 2.00 e. The first-order chi connectivity index (χ1) is 25.5. The Bertz CT molecular complexity index is 1570. The van der Waals surface area contributed by atoms with Crippen LogP contribution in [0.5, 0.6) is 0 Å². The second kappa shape index (κ2) is 21.7. The van der Waals surface area contributed by atoms with Crippen LogP contribution >= 0.6 is 0 Å². The number of rotatable bonds is 6. The normalized spacial score (nSPS) is 13.7. The van der Waals surface area contributed by atoms with Crippen LogP contribution in [0.25, 0.3) is 0 Å². The van der Waals surface area contributed by atoms with Crippen molar-refractivity contribution in [2.75, 3.05) is 0 Å². The molecule has 0 saturated carbocycles. The number of H-pyrrole nitrogens is 1. The zero-order valence-electron chi connectivity index (χ0n) is 41.5. The molecule has 0 unspecified atom stereocenters. The molecule has 0 aliphatic rings. The standard InChI is InChI=1S/C16H27N3.2C16H26N3.Sr/c3*1-11-12(2)14(10-18-16(6,7)8)19-13(11)9-17-15(3,4)5;/h9-10,19H,1-8H3;2*9-10H,1-8H3;/q;2*-1;+2/p+4. The zero-order valence-corrected chi connectivity index (χ0v) is 44.9. The van der Waals surface area contributed by atoms with Crippen molar-refractivity contribution < 1.29 is 20.0 Å². The summed E-state index contributed by atoms with van der Waals surface area (Å²) in [5, 5.41) is 0. The molecule has 0 aliphatic carbocycles. The summed E-state index contributed by atoms with van der Waals surface area (Å²) in [6, 6.07) is 0. The van der Waals surface area contributed by atoms with Gasteiger partial charge in [-0.3, -0.25) is 9.98 Å². The van der Waals surface area contributed by atoms with Crippen LogP contribution in [0.3, 0.4) is 0 Å². The average molecular weight is 874 g/mol. The van der Waals surface area contributed by atoms with Crippen LogP contribution in [-0.4, -0.2) is 121 Å². The van der Waals surface area contributed by atoms with Crippen LogP contribution in [-0.2, 0) is 0 Å². The molecule has 10 heteroatoms. The first-order valence-electron chi connectivity index (χ1n) is 20.5. The zero-order chi connectivity index (χ0) is 44.5. The van der Waals surface area contributed by atoms with Gasteiger partial charge in [0.15, 0.2) is 22.2 Å². The fraction of sp³-hybridized carbons (Fsp3) is 0.625. The van der Waals surface area contributed by atoms with Crippen molar-refractivity contribution >= 4 is 82.8 Å². The van der Waals surface area contributed by atoms with E-state index in [2.05, 4.69) is 211 Å². The van der Waals surface area contributed by atoms with Crippen LogP contribution in [0.15, 0.2) is 9.98 Å². The minimum absolute atomic E-state index is 0. The Balaban J connectivity index is 0.000000833. The van der Waals surface area contributed by atoms with E-state index >= 15 is 0 Å². The maximum atomic E-state index is 4.68. The summed E-state index contributed by atoms with van der Waals surface area (Å²) in [6.07, 6.45) is 11.9. The van der Waals surface area contributed by atoms with Crippen molar-refractivity contribution in [3.63, 3.8) is 0 Å². The van der Waals surface area contributed by atoms with Gasteiger partial charge >= 0.3 is 45.5 Å². The Hall–Kier alpha value is -2.66. The van der Waals surface area contributed by atoms with Gasteiger partial charge in [-0.25, -0.2) is 20.0 Å². The molecular weight excluding hydrogens is 790 g/mol. The van der Waals surface area contributed by atoms with E-state index in [1.54, 1.807) is 0 Å². The Labute approximate surface area is 391 Å². The number of aliphatic imine (C=N–C) groups is 2. The van der Waals surface area contributed by atoms with Gasteiger partial charge in [-0.15, -0.1) is 0 Å². The van der Waals surface area contributed by atoms with Gasteiger partial charge in [0.25, 0.3) is 0 Å². The van der Waals surface area contributed by atoms with Gasteiger partial charge < -0.3 is 15.0 Å². The Morgan fingerprint density at radius 2 is 0.586 bits per heavy atom. The summed E-state index contributed by atoms with van der Waals surface area (Å²) in [5.41, 5.74) is 13.8. The van der Waals surface area contributed by atoms with Crippen LogP contribution in [0.4, 0.5) is 0 Å². The summed E-state index contributed by atoms with van der Waals surface area (Å²) in [5.74, 6) is 0. The SMILES string of the molecule is Cc1c(C=NC(C)(C)C)[nH]c(C=NC(C)(C)C)c1C.Cc1c(C=[NH+]C(C)(C)C)[n-]c(C=[NH+]C(C)(C)C)c1C.Cc1c(C=[NH+]C(C)(C)C)[n-]c(C=[NH+]C(C)(C)C)c1C.[Sr+2]. The van der Waals surface area contributed by atoms with E-state index in [4.69, 9.17) is 0 Å². The second-order valence-corrected chi connectivity index (χ2v) is 21.5. The van der Waals surface area contributed by atoms with Crippen molar-refractivity contribution in [3.8, 4) is 0 Å². The van der Waals surface area contributed by atoms with Crippen LogP contribution in [0.2, 0.25) is 0 Å².